The minimum atomic E-state index is -0.310. The van der Waals surface area contributed by atoms with Gasteiger partial charge in [0, 0.05) is 10.5 Å². The third-order valence-electron chi connectivity index (χ3n) is 2.78. The van der Waals surface area contributed by atoms with Crippen molar-refractivity contribution in [1.29, 1.82) is 0 Å². The Morgan fingerprint density at radius 3 is 2.63 bits per heavy atom. The van der Waals surface area contributed by atoms with Gasteiger partial charge in [-0.05, 0) is 37.6 Å². The predicted molar refractivity (Wildman–Crippen MR) is 81.2 cm³/mol. The van der Waals surface area contributed by atoms with Crippen molar-refractivity contribution >= 4 is 15.9 Å². The highest BCUT2D eigenvalue weighted by Crippen LogP contribution is 2.21. The average Bonchev–Trinajstić information content (AvgIpc) is 2.34. The smallest absolute Gasteiger partial charge is 0.166 e. The molecule has 1 aromatic carbocycles. The Morgan fingerprint density at radius 2 is 1.95 bits per heavy atom. The molecule has 0 bridgehead atoms. The highest BCUT2D eigenvalue weighted by atomic mass is 79.9. The number of unbranched alkanes of at least 4 members (excludes halogenated alkanes) is 3. The Morgan fingerprint density at radius 1 is 1.21 bits per heavy atom. The zero-order valence-corrected chi connectivity index (χ0v) is 13.3. The number of rotatable bonds is 9. The maximum absolute atomic E-state index is 13.4. The van der Waals surface area contributed by atoms with E-state index in [9.17, 15) is 4.39 Å². The molecule has 2 nitrogen and oxygen atoms in total. The van der Waals surface area contributed by atoms with Crippen LogP contribution in [0.25, 0.3) is 0 Å². The zero-order valence-electron chi connectivity index (χ0n) is 11.7. The molecule has 0 aliphatic heterocycles. The van der Waals surface area contributed by atoms with Crippen LogP contribution in [0, 0.1) is 5.82 Å². The molecule has 0 fully saturated rings. The van der Waals surface area contributed by atoms with E-state index >= 15 is 0 Å². The molecule has 0 amide bonds. The van der Waals surface area contributed by atoms with Crippen LogP contribution in [-0.2, 0) is 0 Å². The summed E-state index contributed by atoms with van der Waals surface area (Å²) >= 11 is 3.22. The lowest BCUT2D eigenvalue weighted by molar-refractivity contribution is 0.290. The molecule has 1 rings (SSSR count). The summed E-state index contributed by atoms with van der Waals surface area (Å²) in [5, 5.41) is 3.39. The van der Waals surface area contributed by atoms with Crippen molar-refractivity contribution < 1.29 is 9.13 Å². The van der Waals surface area contributed by atoms with E-state index in [4.69, 9.17) is 4.74 Å². The van der Waals surface area contributed by atoms with Gasteiger partial charge in [-0.25, -0.2) is 4.39 Å². The van der Waals surface area contributed by atoms with Crippen LogP contribution < -0.4 is 10.1 Å². The van der Waals surface area contributed by atoms with Gasteiger partial charge < -0.3 is 10.1 Å². The molecule has 0 aliphatic carbocycles. The van der Waals surface area contributed by atoms with Crippen molar-refractivity contribution in [1.82, 2.24) is 5.32 Å². The van der Waals surface area contributed by atoms with Gasteiger partial charge in [0.15, 0.2) is 11.6 Å². The second-order valence-electron chi connectivity index (χ2n) is 4.95. The molecule has 0 spiro atoms. The molecular weight excluding hydrogens is 309 g/mol. The SMILES string of the molecule is CC(C)NCCCCCCOc1ccc(Br)cc1F. The molecule has 0 aromatic heterocycles. The Balaban J connectivity index is 2.04. The average molecular weight is 332 g/mol. The van der Waals surface area contributed by atoms with Crippen LogP contribution in [0.3, 0.4) is 0 Å². The first kappa shape index (κ1) is 16.4. The van der Waals surface area contributed by atoms with Crippen molar-refractivity contribution in [3.63, 3.8) is 0 Å². The third kappa shape index (κ3) is 7.53. The van der Waals surface area contributed by atoms with Gasteiger partial charge in [0.05, 0.1) is 6.61 Å². The fraction of sp³-hybridized carbons (Fsp3) is 0.600. The fourth-order valence-electron chi connectivity index (χ4n) is 1.75. The van der Waals surface area contributed by atoms with Gasteiger partial charge in [-0.3, -0.25) is 0 Å². The minimum absolute atomic E-state index is 0.310. The first-order chi connectivity index (χ1) is 9.09. The quantitative estimate of drug-likeness (QED) is 0.671. The first-order valence-electron chi connectivity index (χ1n) is 6.91. The molecule has 0 saturated carbocycles. The molecule has 19 heavy (non-hydrogen) atoms. The molecule has 4 heteroatoms. The van der Waals surface area contributed by atoms with Crippen molar-refractivity contribution in [3.05, 3.63) is 28.5 Å². The fourth-order valence-corrected chi connectivity index (χ4v) is 2.08. The number of hydrogen-bond donors (Lipinski definition) is 1. The summed E-state index contributed by atoms with van der Waals surface area (Å²) in [6.07, 6.45) is 4.46. The van der Waals surface area contributed by atoms with E-state index in [0.29, 0.717) is 18.4 Å². The molecule has 0 heterocycles. The maximum Gasteiger partial charge on any atom is 0.166 e. The van der Waals surface area contributed by atoms with Gasteiger partial charge in [-0.2, -0.15) is 0 Å². The molecule has 0 saturated heterocycles. The van der Waals surface area contributed by atoms with Gasteiger partial charge in [0.2, 0.25) is 0 Å². The minimum Gasteiger partial charge on any atom is -0.491 e. The summed E-state index contributed by atoms with van der Waals surface area (Å²) in [7, 11) is 0. The van der Waals surface area contributed by atoms with E-state index in [1.807, 2.05) is 0 Å². The number of halogens is 2. The van der Waals surface area contributed by atoms with Gasteiger partial charge in [0.25, 0.3) is 0 Å². The van der Waals surface area contributed by atoms with E-state index < -0.39 is 0 Å². The topological polar surface area (TPSA) is 21.3 Å². The van der Waals surface area contributed by atoms with Crippen molar-refractivity contribution in [3.8, 4) is 5.75 Å². The van der Waals surface area contributed by atoms with Gasteiger partial charge in [0.1, 0.15) is 0 Å². The van der Waals surface area contributed by atoms with Crippen molar-refractivity contribution in [2.75, 3.05) is 13.2 Å². The largest absolute Gasteiger partial charge is 0.491 e. The van der Waals surface area contributed by atoms with Gasteiger partial charge >= 0.3 is 0 Å². The van der Waals surface area contributed by atoms with Crippen molar-refractivity contribution in [2.45, 2.75) is 45.6 Å². The Hall–Kier alpha value is -0.610. The molecular formula is C15H23BrFNO. The first-order valence-corrected chi connectivity index (χ1v) is 7.70. The van der Waals surface area contributed by atoms with E-state index in [-0.39, 0.29) is 5.82 Å². The highest BCUT2D eigenvalue weighted by molar-refractivity contribution is 9.10. The lowest BCUT2D eigenvalue weighted by Gasteiger charge is -2.08. The second-order valence-corrected chi connectivity index (χ2v) is 5.86. The van der Waals surface area contributed by atoms with Gasteiger partial charge in [-0.1, -0.05) is 42.6 Å². The predicted octanol–water partition coefficient (Wildman–Crippen LogP) is 4.53. The standard InChI is InChI=1S/C15H23BrFNO/c1-12(2)18-9-5-3-4-6-10-19-15-8-7-13(16)11-14(15)17/h7-8,11-12,18H,3-6,9-10H2,1-2H3. The summed E-state index contributed by atoms with van der Waals surface area (Å²) in [6, 6.07) is 5.43. The summed E-state index contributed by atoms with van der Waals surface area (Å²) in [6.45, 7) is 5.96. The molecule has 1 N–H and O–H groups in total. The zero-order chi connectivity index (χ0) is 14.1. The molecule has 0 aliphatic rings. The van der Waals surface area contributed by atoms with Gasteiger partial charge in [-0.15, -0.1) is 0 Å². The highest BCUT2D eigenvalue weighted by Gasteiger charge is 2.03. The normalized spacial score (nSPS) is 11.0. The summed E-state index contributed by atoms with van der Waals surface area (Å²) < 4.78 is 19.6. The molecule has 0 unspecified atom stereocenters. The van der Waals surface area contributed by atoms with E-state index in [1.165, 1.54) is 18.9 Å². The van der Waals surface area contributed by atoms with Crippen LogP contribution in [0.15, 0.2) is 22.7 Å². The van der Waals surface area contributed by atoms with Crippen LogP contribution in [0.2, 0.25) is 0 Å². The van der Waals surface area contributed by atoms with E-state index in [1.54, 1.807) is 12.1 Å². The van der Waals surface area contributed by atoms with Crippen LogP contribution in [0.5, 0.6) is 5.75 Å². The number of benzene rings is 1. The number of ether oxygens (including phenoxy) is 1. The summed E-state index contributed by atoms with van der Waals surface area (Å²) in [5.41, 5.74) is 0. The Bertz CT molecular complexity index is 371. The van der Waals surface area contributed by atoms with Crippen molar-refractivity contribution in [2.24, 2.45) is 0 Å². The molecule has 108 valence electrons. The van der Waals surface area contributed by atoms with Crippen LogP contribution in [-0.4, -0.2) is 19.2 Å². The third-order valence-corrected chi connectivity index (χ3v) is 3.27. The van der Waals surface area contributed by atoms with Crippen LogP contribution >= 0.6 is 15.9 Å². The second kappa shape index (κ2) is 9.32. The summed E-state index contributed by atoms with van der Waals surface area (Å²) in [4.78, 5) is 0. The van der Waals surface area contributed by atoms with Crippen LogP contribution in [0.4, 0.5) is 4.39 Å². The number of nitrogens with one attached hydrogen (secondary N) is 1. The Kier molecular flexibility index (Phi) is 8.07. The van der Waals surface area contributed by atoms with E-state index in [2.05, 4.69) is 35.1 Å². The summed E-state index contributed by atoms with van der Waals surface area (Å²) in [5.74, 6) is 0.0279. The molecule has 1 aromatic rings. The number of hydrogen-bond acceptors (Lipinski definition) is 2. The lowest BCUT2D eigenvalue weighted by atomic mass is 10.2. The lowest BCUT2D eigenvalue weighted by Crippen LogP contribution is -2.23. The Labute approximate surface area is 123 Å². The maximum atomic E-state index is 13.4. The molecule has 0 radical (unpaired) electrons. The molecule has 0 atom stereocenters. The van der Waals surface area contributed by atoms with E-state index in [0.717, 1.165) is 23.9 Å². The van der Waals surface area contributed by atoms with Crippen LogP contribution in [0.1, 0.15) is 39.5 Å². The monoisotopic (exact) mass is 331 g/mol.